The minimum Gasteiger partial charge on any atom is -0.450 e. The van der Waals surface area contributed by atoms with Gasteiger partial charge in [-0.05, 0) is 49.2 Å². The summed E-state index contributed by atoms with van der Waals surface area (Å²) in [4.78, 5) is 39.2. The number of benzene rings is 2. The van der Waals surface area contributed by atoms with Crippen molar-refractivity contribution in [3.63, 3.8) is 0 Å². The smallest absolute Gasteiger partial charge is 0.407 e. The molecule has 3 rings (SSSR count). The summed E-state index contributed by atoms with van der Waals surface area (Å²) >= 11 is 6.03. The van der Waals surface area contributed by atoms with Crippen LogP contribution >= 0.6 is 11.6 Å². The first-order valence-corrected chi connectivity index (χ1v) is 11.9. The average molecular weight is 506 g/mol. The zero-order valence-corrected chi connectivity index (χ0v) is 20.1. The fourth-order valence-corrected chi connectivity index (χ4v) is 3.76. The van der Waals surface area contributed by atoms with Crippen LogP contribution in [-0.4, -0.2) is 68.7 Å². The Morgan fingerprint density at radius 3 is 2.57 bits per heavy atom. The van der Waals surface area contributed by atoms with Gasteiger partial charge in [0.2, 0.25) is 5.91 Å². The lowest BCUT2D eigenvalue weighted by Crippen LogP contribution is -2.37. The van der Waals surface area contributed by atoms with E-state index in [1.165, 1.54) is 24.3 Å². The molecule has 0 saturated carbocycles. The van der Waals surface area contributed by atoms with Crippen molar-refractivity contribution < 1.29 is 28.2 Å². The number of ether oxygens (including phenoxy) is 2. The number of carbonyl (C=O) groups is 3. The highest BCUT2D eigenvalue weighted by Gasteiger charge is 2.18. The molecule has 0 atom stereocenters. The van der Waals surface area contributed by atoms with Crippen molar-refractivity contribution in [1.82, 2.24) is 15.5 Å². The molecule has 0 radical (unpaired) electrons. The number of halogens is 2. The van der Waals surface area contributed by atoms with E-state index in [1.54, 1.807) is 18.2 Å². The molecule has 0 spiro atoms. The van der Waals surface area contributed by atoms with Crippen molar-refractivity contribution in [2.24, 2.45) is 0 Å². The van der Waals surface area contributed by atoms with Gasteiger partial charge in [-0.25, -0.2) is 9.18 Å². The number of rotatable bonds is 11. The molecule has 1 fully saturated rings. The first kappa shape index (κ1) is 26.6. The third kappa shape index (κ3) is 8.61. The molecule has 2 N–H and O–H groups in total. The lowest BCUT2D eigenvalue weighted by atomic mass is 9.98. The molecule has 1 saturated heterocycles. The van der Waals surface area contributed by atoms with Crippen LogP contribution in [-0.2, 0) is 20.8 Å². The van der Waals surface area contributed by atoms with Gasteiger partial charge in [0.1, 0.15) is 12.4 Å². The van der Waals surface area contributed by atoms with Crippen molar-refractivity contribution in [3.8, 4) is 0 Å². The minimum absolute atomic E-state index is 0.00377. The summed E-state index contributed by atoms with van der Waals surface area (Å²) < 4.78 is 24.5. The third-order valence-electron chi connectivity index (χ3n) is 5.51. The normalized spacial score (nSPS) is 13.8. The Balaban J connectivity index is 1.39. The molecule has 1 aliphatic rings. The van der Waals surface area contributed by atoms with Crippen molar-refractivity contribution in [2.45, 2.75) is 19.4 Å². The second kappa shape index (κ2) is 13.8. The standard InChI is InChI=1S/C25H29ClFN3O5/c26-19-8-7-18(21(15-19)24(32)20-5-1-2-6-22(20)27)16-28-23(31)17-29-25(33)35-12-4-3-9-30-10-13-34-14-11-30/h1-2,5-8,15H,3-4,9-14,16-17H2,(H,28,31)(H,29,33). The van der Waals surface area contributed by atoms with E-state index in [1.807, 2.05) is 0 Å². The van der Waals surface area contributed by atoms with Crippen LogP contribution in [0.3, 0.4) is 0 Å². The zero-order valence-electron chi connectivity index (χ0n) is 19.4. The lowest BCUT2D eigenvalue weighted by Gasteiger charge is -2.26. The molecule has 0 bridgehead atoms. The van der Waals surface area contributed by atoms with Crippen molar-refractivity contribution in [1.29, 1.82) is 0 Å². The second-order valence-corrected chi connectivity index (χ2v) is 8.47. The van der Waals surface area contributed by atoms with Gasteiger partial charge in [0, 0.05) is 30.2 Å². The predicted octanol–water partition coefficient (Wildman–Crippen LogP) is 3.16. The number of unbranched alkanes of at least 4 members (excludes halogenated alkanes) is 1. The van der Waals surface area contributed by atoms with Crippen molar-refractivity contribution in [3.05, 3.63) is 70.0 Å². The van der Waals surface area contributed by atoms with Gasteiger partial charge < -0.3 is 20.1 Å². The Kier molecular flexibility index (Phi) is 10.5. The Morgan fingerprint density at radius 2 is 1.80 bits per heavy atom. The van der Waals surface area contributed by atoms with E-state index in [-0.39, 0.29) is 30.8 Å². The Labute approximate surface area is 208 Å². The number of alkyl carbamates (subject to hydrolysis) is 1. The molecule has 0 unspecified atom stereocenters. The van der Waals surface area contributed by atoms with E-state index in [0.717, 1.165) is 45.7 Å². The Morgan fingerprint density at radius 1 is 1.03 bits per heavy atom. The van der Waals surface area contributed by atoms with Gasteiger partial charge in [-0.3, -0.25) is 14.5 Å². The van der Waals surface area contributed by atoms with Gasteiger partial charge in [0.25, 0.3) is 0 Å². The van der Waals surface area contributed by atoms with Crippen LogP contribution in [0.25, 0.3) is 0 Å². The molecule has 0 aliphatic carbocycles. The highest BCUT2D eigenvalue weighted by atomic mass is 35.5. The van der Waals surface area contributed by atoms with E-state index >= 15 is 0 Å². The monoisotopic (exact) mass is 505 g/mol. The molecule has 2 aromatic carbocycles. The second-order valence-electron chi connectivity index (χ2n) is 8.04. The molecule has 35 heavy (non-hydrogen) atoms. The van der Waals surface area contributed by atoms with E-state index < -0.39 is 23.6 Å². The number of hydrogen-bond donors (Lipinski definition) is 2. The predicted molar refractivity (Wildman–Crippen MR) is 129 cm³/mol. The van der Waals surface area contributed by atoms with Crippen LogP contribution in [0.2, 0.25) is 5.02 Å². The van der Waals surface area contributed by atoms with Gasteiger partial charge in [0.15, 0.2) is 5.78 Å². The van der Waals surface area contributed by atoms with Gasteiger partial charge >= 0.3 is 6.09 Å². The third-order valence-corrected chi connectivity index (χ3v) is 5.74. The fraction of sp³-hybridized carbons (Fsp3) is 0.400. The Bertz CT molecular complexity index is 1030. The summed E-state index contributed by atoms with van der Waals surface area (Å²) in [5, 5.41) is 5.35. The molecule has 8 nitrogen and oxygen atoms in total. The molecular weight excluding hydrogens is 477 g/mol. The molecule has 188 valence electrons. The van der Waals surface area contributed by atoms with E-state index in [2.05, 4.69) is 15.5 Å². The molecule has 10 heteroatoms. The van der Waals surface area contributed by atoms with Gasteiger partial charge in [-0.15, -0.1) is 0 Å². The van der Waals surface area contributed by atoms with Gasteiger partial charge in [-0.1, -0.05) is 29.8 Å². The van der Waals surface area contributed by atoms with Crippen LogP contribution in [0.5, 0.6) is 0 Å². The Hall–Kier alpha value is -3.01. The number of nitrogens with zero attached hydrogens (tertiary/aromatic N) is 1. The number of nitrogens with one attached hydrogen (secondary N) is 2. The van der Waals surface area contributed by atoms with E-state index in [0.29, 0.717) is 10.6 Å². The lowest BCUT2D eigenvalue weighted by molar-refractivity contribution is -0.120. The summed E-state index contributed by atoms with van der Waals surface area (Å²) in [5.74, 6) is -1.64. The van der Waals surface area contributed by atoms with E-state index in [9.17, 15) is 18.8 Å². The average Bonchev–Trinajstić information content (AvgIpc) is 2.87. The number of carbonyl (C=O) groups excluding carboxylic acids is 3. The summed E-state index contributed by atoms with van der Waals surface area (Å²) in [6.45, 7) is 4.27. The number of amides is 2. The first-order valence-electron chi connectivity index (χ1n) is 11.5. The van der Waals surface area contributed by atoms with Crippen molar-refractivity contribution in [2.75, 3.05) is 46.0 Å². The molecule has 2 amide bonds. The fourth-order valence-electron chi connectivity index (χ4n) is 3.59. The van der Waals surface area contributed by atoms with Crippen LogP contribution in [0.1, 0.15) is 34.3 Å². The maximum Gasteiger partial charge on any atom is 0.407 e. The summed E-state index contributed by atoms with van der Waals surface area (Å²) in [6.07, 6.45) is 0.961. The zero-order chi connectivity index (χ0) is 25.0. The van der Waals surface area contributed by atoms with E-state index in [4.69, 9.17) is 21.1 Å². The van der Waals surface area contributed by atoms with Crippen LogP contribution in [0, 0.1) is 5.82 Å². The van der Waals surface area contributed by atoms with Crippen LogP contribution < -0.4 is 10.6 Å². The van der Waals surface area contributed by atoms with Gasteiger partial charge in [0.05, 0.1) is 25.4 Å². The summed E-state index contributed by atoms with van der Waals surface area (Å²) in [6, 6.07) is 10.3. The largest absolute Gasteiger partial charge is 0.450 e. The maximum atomic E-state index is 14.1. The molecular formula is C25H29ClFN3O5. The molecule has 2 aromatic rings. The topological polar surface area (TPSA) is 97.0 Å². The molecule has 0 aromatic heterocycles. The molecule has 1 heterocycles. The maximum absolute atomic E-state index is 14.1. The summed E-state index contributed by atoms with van der Waals surface area (Å²) in [7, 11) is 0. The number of ketones is 1. The number of hydrogen-bond acceptors (Lipinski definition) is 6. The first-order chi connectivity index (χ1) is 16.9. The highest BCUT2D eigenvalue weighted by Crippen LogP contribution is 2.21. The highest BCUT2D eigenvalue weighted by molar-refractivity contribution is 6.31. The molecule has 1 aliphatic heterocycles. The van der Waals surface area contributed by atoms with Crippen LogP contribution in [0.15, 0.2) is 42.5 Å². The van der Waals surface area contributed by atoms with Crippen LogP contribution in [0.4, 0.5) is 9.18 Å². The minimum atomic E-state index is -0.673. The quantitative estimate of drug-likeness (QED) is 0.360. The van der Waals surface area contributed by atoms with Gasteiger partial charge in [-0.2, -0.15) is 0 Å². The number of morpholine rings is 1. The van der Waals surface area contributed by atoms with Crippen molar-refractivity contribution >= 4 is 29.4 Å². The summed E-state index contributed by atoms with van der Waals surface area (Å²) in [5.41, 5.74) is 0.572. The SMILES string of the molecule is O=C(CNC(=O)OCCCCN1CCOCC1)NCc1ccc(Cl)cc1C(=O)c1ccccc1F.